The second-order valence-corrected chi connectivity index (χ2v) is 11.7. The van der Waals surface area contributed by atoms with Gasteiger partial charge in [0.05, 0.1) is 50.3 Å². The van der Waals surface area contributed by atoms with Crippen molar-refractivity contribution >= 4 is 66.7 Å². The average Bonchev–Trinajstić information content (AvgIpc) is 3.74. The summed E-state index contributed by atoms with van der Waals surface area (Å²) in [6.45, 7) is 0. The summed E-state index contributed by atoms with van der Waals surface area (Å²) in [5.74, 6) is 0. The van der Waals surface area contributed by atoms with E-state index in [1.807, 2.05) is 0 Å². The summed E-state index contributed by atoms with van der Waals surface area (Å²) in [5.41, 5.74) is 17.9. The first-order chi connectivity index (χ1) is 22.3. The molecule has 0 saturated carbocycles. The number of nitrogens with zero attached hydrogens (tertiary/aromatic N) is 3. The van der Waals surface area contributed by atoms with Crippen molar-refractivity contribution in [2.45, 2.75) is 0 Å². The number of aromatic nitrogens is 3. The minimum Gasteiger partial charge on any atom is -0.309 e. The predicted molar refractivity (Wildman–Crippen MR) is 188 cm³/mol. The van der Waals surface area contributed by atoms with E-state index >= 15 is 0 Å². The third-order valence-electron chi connectivity index (χ3n) is 9.28. The molecule has 6 aromatic carbocycles. The van der Waals surface area contributed by atoms with Gasteiger partial charge < -0.3 is 13.7 Å². The standard InChI is InChI=1S/C42H25N3/c1-7-19-37-31(13-1)32-14-2-8-20-38(32)43(37)28-25-29(44-39-21-9-3-15-33(39)34-16-4-10-22-40(34)44)27-30(26-28)45-41-23-11-5-17-35(41)36-18-6-12-24-42(36)45/h1-5,7-11,13-27H. The van der Waals surface area contributed by atoms with Crippen molar-refractivity contribution in [2.24, 2.45) is 0 Å². The maximum Gasteiger partial charge on any atom is 0.0631 e. The molecule has 0 unspecified atom stereocenters. The molecule has 10 rings (SSSR count). The van der Waals surface area contributed by atoms with E-state index in [4.69, 9.17) is 0 Å². The van der Waals surface area contributed by atoms with Crippen molar-refractivity contribution < 1.29 is 0 Å². The van der Waals surface area contributed by atoms with Gasteiger partial charge in [-0.1, -0.05) is 102 Å². The van der Waals surface area contributed by atoms with E-state index in [0.29, 0.717) is 0 Å². The van der Waals surface area contributed by atoms with Crippen LogP contribution < -0.4 is 0 Å². The van der Waals surface area contributed by atoms with Gasteiger partial charge in [-0.2, -0.15) is 0 Å². The monoisotopic (exact) mass is 571 g/mol. The van der Waals surface area contributed by atoms with Crippen molar-refractivity contribution in [3.63, 3.8) is 0 Å². The zero-order chi connectivity index (χ0) is 29.5. The maximum absolute atomic E-state index is 3.23. The summed E-state index contributed by atoms with van der Waals surface area (Å²) in [6, 6.07) is 50.5. The number of hydrogen-bond donors (Lipinski definition) is 0. The summed E-state index contributed by atoms with van der Waals surface area (Å²) in [7, 11) is 0. The third-order valence-corrected chi connectivity index (χ3v) is 9.28. The van der Waals surface area contributed by atoms with Crippen LogP contribution in [-0.4, -0.2) is 13.7 Å². The second kappa shape index (κ2) is 9.13. The van der Waals surface area contributed by atoms with E-state index in [-0.39, 0.29) is 0 Å². The van der Waals surface area contributed by atoms with Gasteiger partial charge in [-0.25, -0.2) is 0 Å². The highest BCUT2D eigenvalue weighted by Gasteiger charge is 2.20. The highest BCUT2D eigenvalue weighted by Crippen LogP contribution is 2.39. The maximum atomic E-state index is 3.23. The van der Waals surface area contributed by atoms with E-state index < -0.39 is 0 Å². The largest absolute Gasteiger partial charge is 0.309 e. The summed E-state index contributed by atoms with van der Waals surface area (Å²) in [4.78, 5) is 0. The molecule has 3 heteroatoms. The topological polar surface area (TPSA) is 14.8 Å². The molecule has 0 N–H and O–H groups in total. The molecular weight excluding hydrogens is 546 g/mol. The highest BCUT2D eigenvalue weighted by molar-refractivity contribution is 6.10. The van der Waals surface area contributed by atoms with E-state index in [1.54, 1.807) is 0 Å². The first-order valence-corrected chi connectivity index (χ1v) is 15.3. The van der Waals surface area contributed by atoms with Crippen LogP contribution in [0.1, 0.15) is 11.3 Å². The van der Waals surface area contributed by atoms with Gasteiger partial charge in [0, 0.05) is 38.6 Å². The lowest BCUT2D eigenvalue weighted by molar-refractivity contribution is 1.07. The average molecular weight is 572 g/mol. The summed E-state index contributed by atoms with van der Waals surface area (Å²) in [5, 5.41) is 6.20. The molecule has 9 aromatic rings. The first kappa shape index (κ1) is 24.2. The van der Waals surface area contributed by atoms with Crippen LogP contribution >= 0.6 is 0 Å². The van der Waals surface area contributed by atoms with Crippen molar-refractivity contribution in [2.75, 3.05) is 0 Å². The van der Waals surface area contributed by atoms with E-state index in [2.05, 4.69) is 177 Å². The molecule has 45 heavy (non-hydrogen) atoms. The van der Waals surface area contributed by atoms with Gasteiger partial charge in [0.1, 0.15) is 0 Å². The summed E-state index contributed by atoms with van der Waals surface area (Å²) in [6.07, 6.45) is 4.11. The molecule has 0 amide bonds. The molecular formula is C42H25N3. The lowest BCUT2D eigenvalue weighted by Crippen LogP contribution is -2.04. The minimum atomic E-state index is 1.09. The normalized spacial score (nSPS) is 12.4. The zero-order valence-corrected chi connectivity index (χ0v) is 24.3. The fourth-order valence-electron chi connectivity index (χ4n) is 7.45. The minimum absolute atomic E-state index is 1.09. The Morgan fingerprint density at radius 1 is 0.333 bits per heavy atom. The van der Waals surface area contributed by atoms with Gasteiger partial charge in [0.15, 0.2) is 0 Å². The summed E-state index contributed by atoms with van der Waals surface area (Å²) >= 11 is 0. The lowest BCUT2D eigenvalue weighted by atomic mass is 10.1. The molecule has 3 heterocycles. The smallest absolute Gasteiger partial charge is 0.0631 e. The van der Waals surface area contributed by atoms with Crippen molar-refractivity contribution in [1.82, 2.24) is 13.7 Å². The van der Waals surface area contributed by atoms with Crippen LogP contribution in [-0.2, 0) is 0 Å². The molecule has 1 aliphatic carbocycles. The zero-order valence-electron chi connectivity index (χ0n) is 24.3. The van der Waals surface area contributed by atoms with Gasteiger partial charge in [-0.05, 0) is 54.6 Å². The Kier molecular flexibility index (Phi) is 4.92. The molecule has 0 bridgehead atoms. The molecule has 0 saturated heterocycles. The second-order valence-electron chi connectivity index (χ2n) is 11.7. The van der Waals surface area contributed by atoms with Crippen LogP contribution in [0.25, 0.3) is 83.7 Å². The van der Waals surface area contributed by atoms with Crippen molar-refractivity contribution in [1.29, 1.82) is 0 Å². The third kappa shape index (κ3) is 3.37. The number of rotatable bonds is 3. The van der Waals surface area contributed by atoms with Crippen LogP contribution in [0.2, 0.25) is 0 Å². The molecule has 3 aromatic heterocycles. The lowest BCUT2D eigenvalue weighted by Gasteiger charge is -2.17. The van der Waals surface area contributed by atoms with E-state index in [9.17, 15) is 0 Å². The summed E-state index contributed by atoms with van der Waals surface area (Å²) < 4.78 is 7.21. The molecule has 0 radical (unpaired) electrons. The van der Waals surface area contributed by atoms with Gasteiger partial charge in [0.2, 0.25) is 0 Å². The number of benzene rings is 6. The predicted octanol–water partition coefficient (Wildman–Crippen LogP) is 10.6. The Labute approximate surface area is 259 Å². The van der Waals surface area contributed by atoms with Gasteiger partial charge in [-0.3, -0.25) is 0 Å². The Morgan fingerprint density at radius 3 is 1.11 bits per heavy atom. The quantitative estimate of drug-likeness (QED) is 0.187. The molecule has 3 nitrogen and oxygen atoms in total. The molecule has 208 valence electrons. The highest BCUT2D eigenvalue weighted by atomic mass is 15.0. The Bertz CT molecular complexity index is 2550. The molecule has 0 aliphatic heterocycles. The van der Waals surface area contributed by atoms with Crippen LogP contribution in [0.15, 0.2) is 151 Å². The van der Waals surface area contributed by atoms with Crippen molar-refractivity contribution in [3.8, 4) is 17.1 Å². The Morgan fingerprint density at radius 2 is 0.667 bits per heavy atom. The van der Waals surface area contributed by atoms with Crippen LogP contribution in [0.3, 0.4) is 0 Å². The SMILES string of the molecule is C1=C=Cc2c(c3ccccc3n2-c2cc(-n3c4ccccc4c4ccccc43)cc(-n3c4ccccc4c4ccccc43)c2)C=1. The fraction of sp³-hybridized carbons (Fsp3) is 0. The van der Waals surface area contributed by atoms with E-state index in [0.717, 1.165) is 28.3 Å². The van der Waals surface area contributed by atoms with Crippen LogP contribution in [0.4, 0.5) is 0 Å². The number of hydrogen-bond acceptors (Lipinski definition) is 0. The van der Waals surface area contributed by atoms with Gasteiger partial charge in [-0.15, -0.1) is 0 Å². The molecule has 0 spiro atoms. The Hall–Kier alpha value is -6.24. The van der Waals surface area contributed by atoms with Crippen LogP contribution in [0, 0.1) is 0 Å². The fourth-order valence-corrected chi connectivity index (χ4v) is 7.45. The molecule has 0 atom stereocenters. The molecule has 0 fully saturated rings. The van der Waals surface area contributed by atoms with E-state index in [1.165, 1.54) is 54.6 Å². The first-order valence-electron chi connectivity index (χ1n) is 15.3. The van der Waals surface area contributed by atoms with Crippen LogP contribution in [0.5, 0.6) is 0 Å². The van der Waals surface area contributed by atoms with Gasteiger partial charge >= 0.3 is 0 Å². The van der Waals surface area contributed by atoms with Crippen molar-refractivity contribution in [3.05, 3.63) is 162 Å². The van der Waals surface area contributed by atoms with Gasteiger partial charge in [0.25, 0.3) is 0 Å². The number of fused-ring (bicyclic) bond motifs is 9. The number of para-hydroxylation sites is 5. The Balaban J connectivity index is 1.38. The molecule has 1 aliphatic rings.